The molecule has 0 aromatic heterocycles. The van der Waals surface area contributed by atoms with E-state index in [-0.39, 0.29) is 5.91 Å². The molecule has 0 bridgehead atoms. The summed E-state index contributed by atoms with van der Waals surface area (Å²) in [5.41, 5.74) is 1.45. The standard InChI is InChI=1S/C9H16N2O/c1-5-7(3)11-8(6-2)9(12)10-4/h6H,5H2,1-4H3,(H,10,12)/b8-6-,11-7+. The van der Waals surface area contributed by atoms with Crippen LogP contribution in [0.4, 0.5) is 0 Å². The van der Waals surface area contributed by atoms with Crippen molar-refractivity contribution in [3.05, 3.63) is 11.8 Å². The SMILES string of the molecule is C/C=C(\N=C(/C)CC)C(=O)NC. The molecule has 1 N–H and O–H groups in total. The van der Waals surface area contributed by atoms with E-state index in [2.05, 4.69) is 10.3 Å². The van der Waals surface area contributed by atoms with E-state index < -0.39 is 0 Å². The van der Waals surface area contributed by atoms with Crippen molar-refractivity contribution in [3.63, 3.8) is 0 Å². The first-order valence-corrected chi connectivity index (χ1v) is 4.08. The van der Waals surface area contributed by atoms with Gasteiger partial charge in [0.1, 0.15) is 5.70 Å². The van der Waals surface area contributed by atoms with Crippen molar-refractivity contribution in [2.45, 2.75) is 27.2 Å². The summed E-state index contributed by atoms with van der Waals surface area (Å²) in [7, 11) is 1.60. The maximum absolute atomic E-state index is 11.1. The molecule has 0 saturated carbocycles. The lowest BCUT2D eigenvalue weighted by atomic mass is 10.3. The molecule has 0 aliphatic heterocycles. The van der Waals surface area contributed by atoms with Crippen LogP contribution in [0.3, 0.4) is 0 Å². The Bertz CT molecular complexity index is 217. The van der Waals surface area contributed by atoms with Crippen LogP contribution in [0.2, 0.25) is 0 Å². The second kappa shape index (κ2) is 5.52. The minimum Gasteiger partial charge on any atom is -0.354 e. The fourth-order valence-electron chi connectivity index (χ4n) is 0.659. The molecule has 0 unspecified atom stereocenters. The summed E-state index contributed by atoms with van der Waals surface area (Å²) in [6.45, 7) is 5.72. The van der Waals surface area contributed by atoms with Crippen molar-refractivity contribution in [1.29, 1.82) is 0 Å². The molecule has 12 heavy (non-hydrogen) atoms. The average molecular weight is 168 g/mol. The smallest absolute Gasteiger partial charge is 0.269 e. The highest BCUT2D eigenvalue weighted by atomic mass is 16.1. The minimum atomic E-state index is -0.134. The third kappa shape index (κ3) is 3.32. The van der Waals surface area contributed by atoms with Crippen molar-refractivity contribution < 1.29 is 4.79 Å². The summed E-state index contributed by atoms with van der Waals surface area (Å²) in [4.78, 5) is 15.3. The molecular formula is C9H16N2O. The molecule has 0 atom stereocenters. The highest BCUT2D eigenvalue weighted by Crippen LogP contribution is 1.98. The summed E-state index contributed by atoms with van der Waals surface area (Å²) >= 11 is 0. The third-order valence-electron chi connectivity index (χ3n) is 1.56. The summed E-state index contributed by atoms with van der Waals surface area (Å²) in [5, 5.41) is 2.53. The number of carbonyl (C=O) groups excluding carboxylic acids is 1. The van der Waals surface area contributed by atoms with Gasteiger partial charge in [0.15, 0.2) is 0 Å². The highest BCUT2D eigenvalue weighted by molar-refractivity contribution is 5.96. The maximum atomic E-state index is 11.1. The van der Waals surface area contributed by atoms with Gasteiger partial charge < -0.3 is 5.32 Å². The number of rotatable bonds is 3. The van der Waals surface area contributed by atoms with Crippen LogP contribution >= 0.6 is 0 Å². The van der Waals surface area contributed by atoms with E-state index >= 15 is 0 Å². The van der Waals surface area contributed by atoms with Crippen molar-refractivity contribution in [2.75, 3.05) is 7.05 Å². The quantitative estimate of drug-likeness (QED) is 0.503. The number of amides is 1. The molecule has 0 rings (SSSR count). The van der Waals surface area contributed by atoms with E-state index in [1.165, 1.54) is 0 Å². The summed E-state index contributed by atoms with van der Waals surface area (Å²) in [6.07, 6.45) is 2.58. The first kappa shape index (κ1) is 10.9. The molecule has 68 valence electrons. The predicted octanol–water partition coefficient (Wildman–Crippen LogP) is 1.51. The van der Waals surface area contributed by atoms with Crippen LogP contribution in [0.5, 0.6) is 0 Å². The number of carbonyl (C=O) groups is 1. The summed E-state index contributed by atoms with van der Waals surface area (Å²) < 4.78 is 0. The predicted molar refractivity (Wildman–Crippen MR) is 51.2 cm³/mol. The lowest BCUT2D eigenvalue weighted by Crippen LogP contribution is -2.19. The van der Waals surface area contributed by atoms with E-state index in [1.54, 1.807) is 20.0 Å². The number of hydrogen-bond donors (Lipinski definition) is 1. The van der Waals surface area contributed by atoms with Crippen LogP contribution in [0.1, 0.15) is 27.2 Å². The fraction of sp³-hybridized carbons (Fsp3) is 0.556. The van der Waals surface area contributed by atoms with Crippen molar-refractivity contribution in [3.8, 4) is 0 Å². The number of aliphatic imine (C=N–C) groups is 1. The molecule has 0 heterocycles. The zero-order valence-electron chi connectivity index (χ0n) is 8.14. The van der Waals surface area contributed by atoms with Gasteiger partial charge in [-0.05, 0) is 20.3 Å². The second-order valence-electron chi connectivity index (χ2n) is 2.45. The number of hydrogen-bond acceptors (Lipinski definition) is 2. The number of likely N-dealkylation sites (N-methyl/N-ethyl adjacent to an activating group) is 1. The Hall–Kier alpha value is -1.12. The largest absolute Gasteiger partial charge is 0.354 e. The normalized spacial score (nSPS) is 13.0. The zero-order chi connectivity index (χ0) is 9.56. The number of nitrogens with one attached hydrogen (secondary N) is 1. The molecule has 3 nitrogen and oxygen atoms in total. The first-order chi connectivity index (χ1) is 5.65. The van der Waals surface area contributed by atoms with Gasteiger partial charge in [0.05, 0.1) is 0 Å². The molecule has 0 aliphatic carbocycles. The second-order valence-corrected chi connectivity index (χ2v) is 2.45. The fourth-order valence-corrected chi connectivity index (χ4v) is 0.659. The Kier molecular flexibility index (Phi) is 5.00. The lowest BCUT2D eigenvalue weighted by molar-refractivity contribution is -0.117. The Balaban J connectivity index is 4.50. The molecule has 0 aliphatic rings. The molecule has 0 aromatic rings. The van der Waals surface area contributed by atoms with Gasteiger partial charge in [0, 0.05) is 12.8 Å². The lowest BCUT2D eigenvalue weighted by Gasteiger charge is -2.00. The first-order valence-electron chi connectivity index (χ1n) is 4.08. The van der Waals surface area contributed by atoms with Crippen molar-refractivity contribution in [2.24, 2.45) is 4.99 Å². The summed E-state index contributed by atoms with van der Waals surface area (Å²) in [6, 6.07) is 0. The molecule has 3 heteroatoms. The van der Waals surface area contributed by atoms with Crippen molar-refractivity contribution in [1.82, 2.24) is 5.32 Å². The van der Waals surface area contributed by atoms with E-state index in [1.807, 2.05) is 13.8 Å². The molecule has 0 fully saturated rings. The van der Waals surface area contributed by atoms with E-state index in [4.69, 9.17) is 0 Å². The van der Waals surface area contributed by atoms with E-state index in [0.29, 0.717) is 5.70 Å². The highest BCUT2D eigenvalue weighted by Gasteiger charge is 2.03. The Labute approximate surface area is 73.6 Å². The van der Waals surface area contributed by atoms with Crippen LogP contribution in [0.15, 0.2) is 16.8 Å². The van der Waals surface area contributed by atoms with Crippen molar-refractivity contribution >= 4 is 11.6 Å². The van der Waals surface area contributed by atoms with Crippen LogP contribution in [0.25, 0.3) is 0 Å². The van der Waals surface area contributed by atoms with Gasteiger partial charge in [-0.1, -0.05) is 13.0 Å². The van der Waals surface area contributed by atoms with Gasteiger partial charge in [-0.15, -0.1) is 0 Å². The molecule has 1 amide bonds. The number of nitrogens with zero attached hydrogens (tertiary/aromatic N) is 1. The van der Waals surface area contributed by atoms with Gasteiger partial charge in [-0.2, -0.15) is 0 Å². The molecule has 0 radical (unpaired) electrons. The molecule has 0 aromatic carbocycles. The minimum absolute atomic E-state index is 0.134. The van der Waals surface area contributed by atoms with Crippen LogP contribution in [0, 0.1) is 0 Å². The van der Waals surface area contributed by atoms with Gasteiger partial charge >= 0.3 is 0 Å². The van der Waals surface area contributed by atoms with E-state index in [0.717, 1.165) is 12.1 Å². The molecular weight excluding hydrogens is 152 g/mol. The van der Waals surface area contributed by atoms with Crippen LogP contribution < -0.4 is 5.32 Å². The van der Waals surface area contributed by atoms with Gasteiger partial charge in [-0.25, -0.2) is 0 Å². The maximum Gasteiger partial charge on any atom is 0.269 e. The van der Waals surface area contributed by atoms with Gasteiger partial charge in [0.25, 0.3) is 5.91 Å². The molecule has 0 saturated heterocycles. The topological polar surface area (TPSA) is 41.5 Å². The van der Waals surface area contributed by atoms with Crippen LogP contribution in [-0.4, -0.2) is 18.7 Å². The third-order valence-corrected chi connectivity index (χ3v) is 1.56. The monoisotopic (exact) mass is 168 g/mol. The van der Waals surface area contributed by atoms with Gasteiger partial charge in [-0.3, -0.25) is 9.79 Å². The zero-order valence-corrected chi connectivity index (χ0v) is 8.14. The van der Waals surface area contributed by atoms with E-state index in [9.17, 15) is 4.79 Å². The molecule has 0 spiro atoms. The number of allylic oxidation sites excluding steroid dienone is 1. The average Bonchev–Trinajstić information content (AvgIpc) is 2.12. The Morgan fingerprint density at radius 3 is 2.50 bits per heavy atom. The summed E-state index contributed by atoms with van der Waals surface area (Å²) in [5.74, 6) is -0.134. The van der Waals surface area contributed by atoms with Gasteiger partial charge in [0.2, 0.25) is 0 Å². The Morgan fingerprint density at radius 2 is 2.17 bits per heavy atom. The van der Waals surface area contributed by atoms with Crippen LogP contribution in [-0.2, 0) is 4.79 Å². The Morgan fingerprint density at radius 1 is 1.58 bits per heavy atom.